The molecule has 2 heterocycles. The van der Waals surface area contributed by atoms with Crippen LogP contribution in [0, 0.1) is 0 Å². The summed E-state index contributed by atoms with van der Waals surface area (Å²) in [6.07, 6.45) is 1.39. The van der Waals surface area contributed by atoms with Gasteiger partial charge in [0, 0.05) is 11.6 Å². The number of pyridine rings is 1. The first-order chi connectivity index (χ1) is 7.68. The lowest BCUT2D eigenvalue weighted by atomic mass is 10.0. The summed E-state index contributed by atoms with van der Waals surface area (Å²) < 4.78 is 4.56. The Labute approximate surface area is 89.3 Å². The molecule has 1 N–H and O–H groups in total. The Hall–Kier alpha value is -2.43. The average molecular weight is 215 g/mol. The molecule has 2 aromatic rings. The summed E-state index contributed by atoms with van der Waals surface area (Å²) in [7, 11) is 0. The molecule has 1 aromatic heterocycles. The maximum atomic E-state index is 11.4. The van der Waals surface area contributed by atoms with Gasteiger partial charge in [0.25, 0.3) is 0 Å². The summed E-state index contributed by atoms with van der Waals surface area (Å²) in [5.74, 6) is -1.49. The summed E-state index contributed by atoms with van der Waals surface area (Å²) in [6.45, 7) is 0. The number of cyclic esters (lactones) is 2. The van der Waals surface area contributed by atoms with Gasteiger partial charge in [-0.05, 0) is 18.2 Å². The molecule has 0 amide bonds. The number of nitrogens with zero attached hydrogens (tertiary/aromatic N) is 1. The van der Waals surface area contributed by atoms with Crippen molar-refractivity contribution in [3.8, 4) is 5.75 Å². The van der Waals surface area contributed by atoms with Gasteiger partial charge in [-0.25, -0.2) is 9.59 Å². The van der Waals surface area contributed by atoms with Gasteiger partial charge in [-0.1, -0.05) is 0 Å². The van der Waals surface area contributed by atoms with E-state index in [0.717, 1.165) is 0 Å². The Bertz CT molecular complexity index is 627. The van der Waals surface area contributed by atoms with Crippen LogP contribution in [0.2, 0.25) is 0 Å². The number of carbonyl (C=O) groups excluding carboxylic acids is 2. The number of esters is 2. The van der Waals surface area contributed by atoms with E-state index < -0.39 is 11.9 Å². The van der Waals surface area contributed by atoms with Gasteiger partial charge in [-0.3, -0.25) is 4.98 Å². The van der Waals surface area contributed by atoms with E-state index in [1.807, 2.05) is 0 Å². The molecule has 3 rings (SSSR count). The Morgan fingerprint density at radius 1 is 1.06 bits per heavy atom. The zero-order valence-corrected chi connectivity index (χ0v) is 7.93. The van der Waals surface area contributed by atoms with E-state index in [2.05, 4.69) is 9.72 Å². The molecule has 5 nitrogen and oxygen atoms in total. The van der Waals surface area contributed by atoms with Gasteiger partial charge in [0.05, 0.1) is 11.1 Å². The molecule has 1 aromatic carbocycles. The lowest BCUT2D eigenvalue weighted by Gasteiger charge is -2.14. The Morgan fingerprint density at radius 3 is 2.50 bits per heavy atom. The third-order valence-corrected chi connectivity index (χ3v) is 2.50. The van der Waals surface area contributed by atoms with Crippen LogP contribution >= 0.6 is 0 Å². The zero-order chi connectivity index (χ0) is 11.3. The predicted molar refractivity (Wildman–Crippen MR) is 53.2 cm³/mol. The molecular formula is C11H5NO4. The maximum absolute atomic E-state index is 11.4. The van der Waals surface area contributed by atoms with E-state index >= 15 is 0 Å². The molecule has 16 heavy (non-hydrogen) atoms. The lowest BCUT2D eigenvalue weighted by Crippen LogP contribution is -2.19. The fraction of sp³-hybridized carbons (Fsp3) is 0. The molecule has 0 spiro atoms. The van der Waals surface area contributed by atoms with Crippen molar-refractivity contribution in [3.05, 3.63) is 35.5 Å². The molecule has 5 heteroatoms. The fourth-order valence-corrected chi connectivity index (χ4v) is 1.79. The lowest BCUT2D eigenvalue weighted by molar-refractivity contribution is 0.0391. The standard InChI is InChI=1S/C11H5NO4/c13-7-2-1-5-8-6(3-4-12-9(7)8)11(15)16-10(5)14/h1-4,13H. The number of hydrogen-bond acceptors (Lipinski definition) is 5. The van der Waals surface area contributed by atoms with Gasteiger partial charge >= 0.3 is 11.9 Å². The molecule has 1 aliphatic heterocycles. The normalized spacial score (nSPS) is 14.0. The SMILES string of the molecule is O=C1OC(=O)c2ccc(O)c3nccc1c23. The van der Waals surface area contributed by atoms with Crippen LogP contribution in [0.5, 0.6) is 5.75 Å². The third kappa shape index (κ3) is 0.967. The molecule has 0 unspecified atom stereocenters. The molecule has 1 aliphatic rings. The van der Waals surface area contributed by atoms with Crippen molar-refractivity contribution in [1.29, 1.82) is 0 Å². The van der Waals surface area contributed by atoms with Gasteiger partial charge < -0.3 is 9.84 Å². The minimum absolute atomic E-state index is 0.0666. The molecule has 0 saturated carbocycles. The van der Waals surface area contributed by atoms with Crippen molar-refractivity contribution < 1.29 is 19.4 Å². The van der Waals surface area contributed by atoms with Crippen molar-refractivity contribution in [1.82, 2.24) is 4.98 Å². The molecule has 0 aliphatic carbocycles. The number of phenolic OH excluding ortho intramolecular Hbond substituents is 1. The highest BCUT2D eigenvalue weighted by molar-refractivity contribution is 6.20. The Morgan fingerprint density at radius 2 is 1.75 bits per heavy atom. The van der Waals surface area contributed by atoms with E-state index in [0.29, 0.717) is 5.39 Å². The van der Waals surface area contributed by atoms with Crippen LogP contribution in [0.3, 0.4) is 0 Å². The number of aromatic hydroxyl groups is 1. The summed E-state index contributed by atoms with van der Waals surface area (Å²) >= 11 is 0. The third-order valence-electron chi connectivity index (χ3n) is 2.50. The van der Waals surface area contributed by atoms with Gasteiger partial charge in [0.2, 0.25) is 0 Å². The van der Waals surface area contributed by atoms with Gasteiger partial charge in [-0.15, -0.1) is 0 Å². The monoisotopic (exact) mass is 215 g/mol. The number of ether oxygens (including phenoxy) is 1. The quantitative estimate of drug-likeness (QED) is 0.528. The summed E-state index contributed by atoms with van der Waals surface area (Å²) in [5, 5.41) is 9.94. The van der Waals surface area contributed by atoms with E-state index in [1.54, 1.807) is 0 Å². The highest BCUT2D eigenvalue weighted by Crippen LogP contribution is 2.32. The second kappa shape index (κ2) is 2.79. The van der Waals surface area contributed by atoms with Crippen LogP contribution in [0.25, 0.3) is 10.9 Å². The second-order valence-corrected chi connectivity index (χ2v) is 3.39. The van der Waals surface area contributed by atoms with Gasteiger partial charge in [0.15, 0.2) is 0 Å². The van der Waals surface area contributed by atoms with Crippen molar-refractivity contribution >= 4 is 22.8 Å². The van der Waals surface area contributed by atoms with Crippen molar-refractivity contribution in [2.45, 2.75) is 0 Å². The summed E-state index contributed by atoms with van der Waals surface area (Å²) in [6, 6.07) is 4.23. The highest BCUT2D eigenvalue weighted by atomic mass is 16.6. The van der Waals surface area contributed by atoms with E-state index in [4.69, 9.17) is 0 Å². The highest BCUT2D eigenvalue weighted by Gasteiger charge is 2.28. The molecule has 0 bridgehead atoms. The number of benzene rings is 1. The van der Waals surface area contributed by atoms with Crippen LogP contribution in [0.4, 0.5) is 0 Å². The van der Waals surface area contributed by atoms with Crippen LogP contribution in [0.1, 0.15) is 20.7 Å². The summed E-state index contributed by atoms with van der Waals surface area (Å²) in [4.78, 5) is 26.8. The minimum Gasteiger partial charge on any atom is -0.506 e. The first kappa shape index (κ1) is 8.84. The fourth-order valence-electron chi connectivity index (χ4n) is 1.79. The van der Waals surface area contributed by atoms with Crippen molar-refractivity contribution in [2.24, 2.45) is 0 Å². The van der Waals surface area contributed by atoms with E-state index in [1.165, 1.54) is 24.4 Å². The first-order valence-corrected chi connectivity index (χ1v) is 4.55. The number of phenols is 1. The van der Waals surface area contributed by atoms with Gasteiger partial charge in [-0.2, -0.15) is 0 Å². The zero-order valence-electron chi connectivity index (χ0n) is 7.93. The maximum Gasteiger partial charge on any atom is 0.346 e. The minimum atomic E-state index is -0.712. The Kier molecular flexibility index (Phi) is 1.54. The second-order valence-electron chi connectivity index (χ2n) is 3.39. The average Bonchev–Trinajstić information content (AvgIpc) is 2.27. The largest absolute Gasteiger partial charge is 0.506 e. The molecule has 78 valence electrons. The molecule has 0 saturated heterocycles. The molecule has 0 radical (unpaired) electrons. The molecule has 0 atom stereocenters. The van der Waals surface area contributed by atoms with Gasteiger partial charge in [0.1, 0.15) is 11.3 Å². The van der Waals surface area contributed by atoms with E-state index in [9.17, 15) is 14.7 Å². The smallest absolute Gasteiger partial charge is 0.346 e. The van der Waals surface area contributed by atoms with Crippen LogP contribution < -0.4 is 0 Å². The number of carbonyl (C=O) groups is 2. The van der Waals surface area contributed by atoms with E-state index in [-0.39, 0.29) is 22.4 Å². The Balaban J connectivity index is 2.57. The number of hydrogen-bond donors (Lipinski definition) is 1. The first-order valence-electron chi connectivity index (χ1n) is 4.55. The predicted octanol–water partition coefficient (Wildman–Crippen LogP) is 1.25. The van der Waals surface area contributed by atoms with Crippen LogP contribution in [-0.2, 0) is 4.74 Å². The van der Waals surface area contributed by atoms with Crippen molar-refractivity contribution in [2.75, 3.05) is 0 Å². The number of aromatic nitrogens is 1. The van der Waals surface area contributed by atoms with Crippen molar-refractivity contribution in [3.63, 3.8) is 0 Å². The number of rotatable bonds is 0. The summed E-state index contributed by atoms with van der Waals surface area (Å²) in [5.41, 5.74) is 0.728. The van der Waals surface area contributed by atoms with Crippen LogP contribution in [-0.4, -0.2) is 22.0 Å². The topological polar surface area (TPSA) is 76.5 Å². The molecular weight excluding hydrogens is 210 g/mol. The van der Waals surface area contributed by atoms with Crippen LogP contribution in [0.15, 0.2) is 24.4 Å². The molecule has 0 fully saturated rings.